The molecule has 29 heavy (non-hydrogen) atoms. The molecular weight excluding hydrogens is 392 g/mol. The van der Waals surface area contributed by atoms with Crippen molar-refractivity contribution in [1.82, 2.24) is 15.0 Å². The van der Waals surface area contributed by atoms with Crippen molar-refractivity contribution < 1.29 is 19.7 Å². The number of aliphatic hydroxyl groups is 2. The maximum absolute atomic E-state index is 12.7. The van der Waals surface area contributed by atoms with Gasteiger partial charge in [0.25, 0.3) is 5.91 Å². The molecule has 1 amide bonds. The Morgan fingerprint density at radius 2 is 2.10 bits per heavy atom. The summed E-state index contributed by atoms with van der Waals surface area (Å²) in [6, 6.07) is 12.5. The van der Waals surface area contributed by atoms with E-state index in [0.29, 0.717) is 38.9 Å². The molecular formula is C20H18N4O4S. The van der Waals surface area contributed by atoms with Gasteiger partial charge in [-0.1, -0.05) is 18.2 Å². The molecule has 4 rings (SSSR count). The number of carbonyl (C=O) groups excluding carboxylic acids is 1. The van der Waals surface area contributed by atoms with Gasteiger partial charge in [-0.15, -0.1) is 11.3 Å². The van der Waals surface area contributed by atoms with Gasteiger partial charge in [0.2, 0.25) is 0 Å². The van der Waals surface area contributed by atoms with Crippen molar-refractivity contribution in [2.75, 3.05) is 18.5 Å². The molecule has 1 unspecified atom stereocenters. The van der Waals surface area contributed by atoms with E-state index in [1.54, 1.807) is 35.8 Å². The second-order valence-electron chi connectivity index (χ2n) is 6.22. The zero-order valence-electron chi connectivity index (χ0n) is 15.2. The number of H-pyrrole nitrogens is 1. The van der Waals surface area contributed by atoms with Crippen LogP contribution in [0.2, 0.25) is 0 Å². The lowest BCUT2D eigenvalue weighted by molar-refractivity contribution is 0.0538. The number of anilines is 1. The Bertz CT molecular complexity index is 1130. The molecule has 4 aromatic rings. The summed E-state index contributed by atoms with van der Waals surface area (Å²) < 4.78 is 5.63. The minimum Gasteiger partial charge on any atom is -0.490 e. The summed E-state index contributed by atoms with van der Waals surface area (Å²) in [5.41, 5.74) is 2.34. The second kappa shape index (κ2) is 8.39. The van der Waals surface area contributed by atoms with E-state index in [1.807, 2.05) is 18.2 Å². The predicted molar refractivity (Wildman–Crippen MR) is 110 cm³/mol. The van der Waals surface area contributed by atoms with Crippen LogP contribution in [0.5, 0.6) is 5.75 Å². The van der Waals surface area contributed by atoms with E-state index >= 15 is 0 Å². The molecule has 0 aliphatic rings. The summed E-state index contributed by atoms with van der Waals surface area (Å²) in [6.45, 7) is -0.431. The second-order valence-corrected chi connectivity index (χ2v) is 7.12. The Morgan fingerprint density at radius 3 is 2.90 bits per heavy atom. The number of imidazole rings is 1. The minimum atomic E-state index is -0.972. The fourth-order valence-corrected chi connectivity index (χ4v) is 3.34. The van der Waals surface area contributed by atoms with Gasteiger partial charge in [-0.25, -0.2) is 9.97 Å². The molecule has 0 spiro atoms. The van der Waals surface area contributed by atoms with Crippen LogP contribution in [0.15, 0.2) is 54.0 Å². The molecule has 4 N–H and O–H groups in total. The van der Waals surface area contributed by atoms with Gasteiger partial charge in [-0.3, -0.25) is 10.1 Å². The number of aliphatic hydroxyl groups excluding tert-OH is 2. The molecule has 2 aromatic heterocycles. The quantitative estimate of drug-likeness (QED) is 0.372. The van der Waals surface area contributed by atoms with E-state index in [9.17, 15) is 9.90 Å². The molecule has 1 atom stereocenters. The topological polar surface area (TPSA) is 120 Å². The number of nitrogens with zero attached hydrogens (tertiary/aromatic N) is 2. The maximum Gasteiger partial charge on any atom is 0.259 e. The SMILES string of the molecule is O=C(Nc1nccs1)c1cccc2[nH]c(-c3ccccc3OCC(O)CO)nc12. The van der Waals surface area contributed by atoms with Gasteiger partial charge in [0.15, 0.2) is 5.13 Å². The van der Waals surface area contributed by atoms with E-state index < -0.39 is 6.10 Å². The molecule has 0 aliphatic carbocycles. The van der Waals surface area contributed by atoms with Crippen molar-refractivity contribution in [2.45, 2.75) is 6.10 Å². The van der Waals surface area contributed by atoms with Crippen molar-refractivity contribution in [1.29, 1.82) is 0 Å². The number of ether oxygens (including phenoxy) is 1. The summed E-state index contributed by atoms with van der Waals surface area (Å²) in [4.78, 5) is 24.6. The van der Waals surface area contributed by atoms with Crippen LogP contribution in [0.4, 0.5) is 5.13 Å². The van der Waals surface area contributed by atoms with Gasteiger partial charge in [-0.05, 0) is 24.3 Å². The van der Waals surface area contributed by atoms with Crippen LogP contribution in [-0.4, -0.2) is 50.4 Å². The molecule has 148 valence electrons. The smallest absolute Gasteiger partial charge is 0.259 e. The molecule has 9 heteroatoms. The summed E-state index contributed by atoms with van der Waals surface area (Å²) in [5.74, 6) is 0.746. The van der Waals surface area contributed by atoms with Crippen LogP contribution in [0, 0.1) is 0 Å². The normalized spacial score (nSPS) is 12.1. The van der Waals surface area contributed by atoms with Crippen LogP contribution in [0.25, 0.3) is 22.4 Å². The number of thiazole rings is 1. The lowest BCUT2D eigenvalue weighted by Crippen LogP contribution is -2.21. The Labute approximate surface area is 169 Å². The van der Waals surface area contributed by atoms with E-state index in [1.165, 1.54) is 11.3 Å². The van der Waals surface area contributed by atoms with Crippen LogP contribution >= 0.6 is 11.3 Å². The van der Waals surface area contributed by atoms with Gasteiger partial charge in [-0.2, -0.15) is 0 Å². The fraction of sp³-hybridized carbons (Fsp3) is 0.150. The fourth-order valence-electron chi connectivity index (χ4n) is 2.82. The van der Waals surface area contributed by atoms with Gasteiger partial charge in [0, 0.05) is 11.6 Å². The molecule has 0 saturated heterocycles. The van der Waals surface area contributed by atoms with Crippen molar-refractivity contribution in [3.05, 3.63) is 59.6 Å². The summed E-state index contributed by atoms with van der Waals surface area (Å²) in [6.07, 6.45) is 0.651. The molecule has 2 aromatic carbocycles. The molecule has 0 saturated carbocycles. The maximum atomic E-state index is 12.7. The van der Waals surface area contributed by atoms with Gasteiger partial charge in [0.05, 0.1) is 23.3 Å². The average Bonchev–Trinajstić information content (AvgIpc) is 3.41. The van der Waals surface area contributed by atoms with Crippen molar-refractivity contribution in [3.8, 4) is 17.1 Å². The number of benzene rings is 2. The summed E-state index contributed by atoms with van der Waals surface area (Å²) in [5, 5.41) is 23.6. The monoisotopic (exact) mass is 410 g/mol. The highest BCUT2D eigenvalue weighted by Crippen LogP contribution is 2.30. The van der Waals surface area contributed by atoms with E-state index in [0.717, 1.165) is 0 Å². The van der Waals surface area contributed by atoms with E-state index in [2.05, 4.69) is 20.3 Å². The van der Waals surface area contributed by atoms with Crippen molar-refractivity contribution in [3.63, 3.8) is 0 Å². The lowest BCUT2D eigenvalue weighted by atomic mass is 10.1. The number of carbonyl (C=O) groups is 1. The number of rotatable bonds is 7. The van der Waals surface area contributed by atoms with Crippen LogP contribution in [0.3, 0.4) is 0 Å². The van der Waals surface area contributed by atoms with Crippen molar-refractivity contribution in [2.24, 2.45) is 0 Å². The Kier molecular flexibility index (Phi) is 5.52. The zero-order valence-corrected chi connectivity index (χ0v) is 16.0. The highest BCUT2D eigenvalue weighted by molar-refractivity contribution is 7.13. The number of amides is 1. The standard InChI is InChI=1S/C20H18N4O4S/c25-10-12(26)11-28-16-7-2-1-4-13(16)18-22-15-6-3-5-14(17(15)23-18)19(27)24-20-21-8-9-29-20/h1-9,12,25-26H,10-11H2,(H,22,23)(H,21,24,27). The number of fused-ring (bicyclic) bond motifs is 1. The van der Waals surface area contributed by atoms with Gasteiger partial charge >= 0.3 is 0 Å². The Hall–Kier alpha value is -3.27. The molecule has 0 radical (unpaired) electrons. The largest absolute Gasteiger partial charge is 0.490 e. The van der Waals surface area contributed by atoms with Gasteiger partial charge < -0.3 is 19.9 Å². The third kappa shape index (κ3) is 4.11. The predicted octanol–water partition coefficient (Wildman–Crippen LogP) is 2.67. The van der Waals surface area contributed by atoms with Gasteiger partial charge in [0.1, 0.15) is 29.8 Å². The first-order valence-corrected chi connectivity index (χ1v) is 9.74. The molecule has 0 aliphatic heterocycles. The average molecular weight is 410 g/mol. The number of aromatic nitrogens is 3. The summed E-state index contributed by atoms with van der Waals surface area (Å²) >= 11 is 1.34. The zero-order chi connectivity index (χ0) is 20.2. The molecule has 0 fully saturated rings. The molecule has 8 nitrogen and oxygen atoms in total. The Morgan fingerprint density at radius 1 is 1.24 bits per heavy atom. The van der Waals surface area contributed by atoms with Crippen LogP contribution in [-0.2, 0) is 0 Å². The number of hydrogen-bond acceptors (Lipinski definition) is 7. The van der Waals surface area contributed by atoms with E-state index in [-0.39, 0.29) is 19.1 Å². The number of aromatic amines is 1. The first-order valence-electron chi connectivity index (χ1n) is 8.86. The number of para-hydroxylation sites is 2. The first-order chi connectivity index (χ1) is 14.2. The highest BCUT2D eigenvalue weighted by atomic mass is 32.1. The Balaban J connectivity index is 1.67. The highest BCUT2D eigenvalue weighted by Gasteiger charge is 2.17. The number of hydrogen-bond donors (Lipinski definition) is 4. The van der Waals surface area contributed by atoms with Crippen LogP contribution < -0.4 is 10.1 Å². The molecule has 0 bridgehead atoms. The van der Waals surface area contributed by atoms with E-state index in [4.69, 9.17) is 9.84 Å². The number of nitrogens with one attached hydrogen (secondary N) is 2. The third-order valence-corrected chi connectivity index (χ3v) is 4.88. The molecule has 2 heterocycles. The minimum absolute atomic E-state index is 0.0464. The van der Waals surface area contributed by atoms with Crippen LogP contribution in [0.1, 0.15) is 10.4 Å². The summed E-state index contributed by atoms with van der Waals surface area (Å²) in [7, 11) is 0. The lowest BCUT2D eigenvalue weighted by Gasteiger charge is -2.12. The first kappa shape index (κ1) is 19.1. The van der Waals surface area contributed by atoms with Crippen molar-refractivity contribution >= 4 is 33.4 Å². The third-order valence-electron chi connectivity index (χ3n) is 4.19.